The van der Waals surface area contributed by atoms with Crippen LogP contribution < -0.4 is 0 Å². The molecule has 2 heterocycles. The molecular formula is C18H18FNO4. The maximum atomic E-state index is 13.7. The molecule has 0 saturated carbocycles. The smallest absolute Gasteiger partial charge is 0.326 e. The SMILES string of the molecule is O=C(O)[C@H]1CCCN1C(=O)CCc1ccc(-c2ccccc2F)o1. The van der Waals surface area contributed by atoms with E-state index in [9.17, 15) is 14.0 Å². The Morgan fingerprint density at radius 3 is 2.79 bits per heavy atom. The van der Waals surface area contributed by atoms with Crippen molar-refractivity contribution in [1.82, 2.24) is 4.90 Å². The van der Waals surface area contributed by atoms with E-state index in [4.69, 9.17) is 9.52 Å². The summed E-state index contributed by atoms with van der Waals surface area (Å²) in [6.45, 7) is 0.481. The predicted octanol–water partition coefficient (Wildman–Crippen LogP) is 3.09. The lowest BCUT2D eigenvalue weighted by molar-refractivity contribution is -0.148. The number of hydrogen-bond donors (Lipinski definition) is 1. The van der Waals surface area contributed by atoms with Gasteiger partial charge in [0.05, 0.1) is 5.56 Å². The number of benzene rings is 1. The number of aliphatic carboxylic acids is 1. The van der Waals surface area contributed by atoms with Crippen molar-refractivity contribution in [1.29, 1.82) is 0 Å². The largest absolute Gasteiger partial charge is 0.480 e. The summed E-state index contributed by atoms with van der Waals surface area (Å²) in [5.41, 5.74) is 0.376. The molecular weight excluding hydrogens is 313 g/mol. The Kier molecular flexibility index (Phi) is 4.64. The van der Waals surface area contributed by atoms with E-state index in [0.717, 1.165) is 0 Å². The Bertz CT molecular complexity index is 755. The predicted molar refractivity (Wildman–Crippen MR) is 84.8 cm³/mol. The molecule has 3 rings (SSSR count). The topological polar surface area (TPSA) is 70.8 Å². The molecule has 1 aliphatic heterocycles. The minimum absolute atomic E-state index is 0.175. The van der Waals surface area contributed by atoms with Gasteiger partial charge in [0.2, 0.25) is 5.91 Å². The number of aryl methyl sites for hydroxylation is 1. The average Bonchev–Trinajstić information content (AvgIpc) is 3.22. The zero-order valence-corrected chi connectivity index (χ0v) is 13.1. The average molecular weight is 331 g/mol. The molecule has 0 spiro atoms. The molecule has 1 N–H and O–H groups in total. The molecule has 6 heteroatoms. The molecule has 0 radical (unpaired) electrons. The van der Waals surface area contributed by atoms with Gasteiger partial charge in [0.1, 0.15) is 23.4 Å². The lowest BCUT2D eigenvalue weighted by Gasteiger charge is -2.21. The van der Waals surface area contributed by atoms with Crippen LogP contribution in [0.4, 0.5) is 4.39 Å². The minimum atomic E-state index is -0.958. The molecule has 126 valence electrons. The van der Waals surface area contributed by atoms with Crippen LogP contribution in [0.2, 0.25) is 0 Å². The van der Waals surface area contributed by atoms with Gasteiger partial charge in [-0.1, -0.05) is 12.1 Å². The van der Waals surface area contributed by atoms with Gasteiger partial charge in [0.25, 0.3) is 0 Å². The normalized spacial score (nSPS) is 17.2. The van der Waals surface area contributed by atoms with Crippen molar-refractivity contribution >= 4 is 11.9 Å². The molecule has 1 aromatic heterocycles. The number of carboxylic acid groups (broad SMARTS) is 1. The van der Waals surface area contributed by atoms with Crippen LogP contribution in [0.15, 0.2) is 40.8 Å². The number of amides is 1. The second-order valence-corrected chi connectivity index (χ2v) is 5.83. The lowest BCUT2D eigenvalue weighted by Crippen LogP contribution is -2.40. The molecule has 0 bridgehead atoms. The third-order valence-corrected chi connectivity index (χ3v) is 4.24. The van der Waals surface area contributed by atoms with Crippen molar-refractivity contribution < 1.29 is 23.5 Å². The summed E-state index contributed by atoms with van der Waals surface area (Å²) in [4.78, 5) is 24.8. The Labute approximate surface area is 138 Å². The second kappa shape index (κ2) is 6.86. The molecule has 0 unspecified atom stereocenters. The first-order chi connectivity index (χ1) is 11.6. The highest BCUT2D eigenvalue weighted by Crippen LogP contribution is 2.26. The second-order valence-electron chi connectivity index (χ2n) is 5.83. The molecule has 1 fully saturated rings. The highest BCUT2D eigenvalue weighted by atomic mass is 19.1. The molecule has 5 nitrogen and oxygen atoms in total. The number of halogens is 1. The summed E-state index contributed by atoms with van der Waals surface area (Å²) >= 11 is 0. The van der Waals surface area contributed by atoms with Crippen LogP contribution >= 0.6 is 0 Å². The van der Waals surface area contributed by atoms with Crippen LogP contribution in [0, 0.1) is 5.82 Å². The Hall–Kier alpha value is -2.63. The van der Waals surface area contributed by atoms with Gasteiger partial charge in [0.15, 0.2) is 0 Å². The van der Waals surface area contributed by atoms with Gasteiger partial charge >= 0.3 is 5.97 Å². The fourth-order valence-electron chi connectivity index (χ4n) is 3.01. The van der Waals surface area contributed by atoms with Gasteiger partial charge in [-0.15, -0.1) is 0 Å². The number of nitrogens with zero attached hydrogens (tertiary/aromatic N) is 1. The molecule has 1 atom stereocenters. The number of rotatable bonds is 5. The molecule has 24 heavy (non-hydrogen) atoms. The molecule has 1 aromatic carbocycles. The van der Waals surface area contributed by atoms with E-state index in [1.807, 2.05) is 0 Å². The van der Waals surface area contributed by atoms with E-state index in [0.29, 0.717) is 42.9 Å². The summed E-state index contributed by atoms with van der Waals surface area (Å²) in [5, 5.41) is 9.13. The standard InChI is InChI=1S/C18H18FNO4/c19-14-5-2-1-4-13(14)16-9-7-12(24-16)8-10-17(21)20-11-3-6-15(20)18(22)23/h1-2,4-5,7,9,15H,3,6,8,10-11H2,(H,22,23)/t15-/m1/s1. The van der Waals surface area contributed by atoms with Crippen molar-refractivity contribution in [2.45, 2.75) is 31.7 Å². The number of furan rings is 1. The first-order valence-electron chi connectivity index (χ1n) is 7.92. The van der Waals surface area contributed by atoms with Crippen molar-refractivity contribution in [2.75, 3.05) is 6.54 Å². The number of carbonyl (C=O) groups excluding carboxylic acids is 1. The van der Waals surface area contributed by atoms with Gasteiger partial charge in [-0.25, -0.2) is 9.18 Å². The fraction of sp³-hybridized carbons (Fsp3) is 0.333. The Balaban J connectivity index is 1.63. The van der Waals surface area contributed by atoms with E-state index in [2.05, 4.69) is 0 Å². The number of likely N-dealkylation sites (tertiary alicyclic amines) is 1. The van der Waals surface area contributed by atoms with Crippen LogP contribution in [0.5, 0.6) is 0 Å². The molecule has 2 aromatic rings. The van der Waals surface area contributed by atoms with Crippen LogP contribution in [-0.4, -0.2) is 34.5 Å². The van der Waals surface area contributed by atoms with Gasteiger partial charge in [-0.3, -0.25) is 4.79 Å². The summed E-state index contributed by atoms with van der Waals surface area (Å²) in [6.07, 6.45) is 1.74. The minimum Gasteiger partial charge on any atom is -0.480 e. The third kappa shape index (κ3) is 3.32. The number of hydrogen-bond acceptors (Lipinski definition) is 3. The van der Waals surface area contributed by atoms with Gasteiger partial charge < -0.3 is 14.4 Å². The van der Waals surface area contributed by atoms with E-state index >= 15 is 0 Å². The maximum absolute atomic E-state index is 13.7. The first kappa shape index (κ1) is 16.2. The highest BCUT2D eigenvalue weighted by Gasteiger charge is 2.33. The molecule has 1 amide bonds. The van der Waals surface area contributed by atoms with E-state index in [1.165, 1.54) is 11.0 Å². The molecule has 1 saturated heterocycles. The quantitative estimate of drug-likeness (QED) is 0.914. The summed E-state index contributed by atoms with van der Waals surface area (Å²) < 4.78 is 19.4. The van der Waals surface area contributed by atoms with Crippen molar-refractivity contribution in [2.24, 2.45) is 0 Å². The molecule has 1 aliphatic rings. The van der Waals surface area contributed by atoms with E-state index in [-0.39, 0.29) is 18.1 Å². The zero-order valence-electron chi connectivity index (χ0n) is 13.1. The van der Waals surface area contributed by atoms with Crippen LogP contribution in [-0.2, 0) is 16.0 Å². The zero-order chi connectivity index (χ0) is 17.1. The van der Waals surface area contributed by atoms with Crippen LogP contribution in [0.3, 0.4) is 0 Å². The summed E-state index contributed by atoms with van der Waals surface area (Å²) in [5.74, 6) is -0.520. The Morgan fingerprint density at radius 1 is 1.25 bits per heavy atom. The monoisotopic (exact) mass is 331 g/mol. The van der Waals surface area contributed by atoms with E-state index in [1.54, 1.807) is 30.3 Å². The van der Waals surface area contributed by atoms with Gasteiger partial charge in [-0.2, -0.15) is 0 Å². The lowest BCUT2D eigenvalue weighted by atomic mass is 10.1. The fourth-order valence-corrected chi connectivity index (χ4v) is 3.01. The van der Waals surface area contributed by atoms with Crippen molar-refractivity contribution in [3.63, 3.8) is 0 Å². The van der Waals surface area contributed by atoms with Crippen molar-refractivity contribution in [3.8, 4) is 11.3 Å². The van der Waals surface area contributed by atoms with Gasteiger partial charge in [0, 0.05) is 19.4 Å². The van der Waals surface area contributed by atoms with Crippen LogP contribution in [0.1, 0.15) is 25.0 Å². The van der Waals surface area contributed by atoms with Crippen LogP contribution in [0.25, 0.3) is 11.3 Å². The maximum Gasteiger partial charge on any atom is 0.326 e. The number of carbonyl (C=O) groups is 2. The third-order valence-electron chi connectivity index (χ3n) is 4.24. The van der Waals surface area contributed by atoms with E-state index < -0.39 is 12.0 Å². The summed E-state index contributed by atoms with van der Waals surface area (Å²) in [7, 11) is 0. The Morgan fingerprint density at radius 2 is 2.04 bits per heavy atom. The highest BCUT2D eigenvalue weighted by molar-refractivity contribution is 5.84. The number of carboxylic acids is 1. The van der Waals surface area contributed by atoms with Gasteiger partial charge in [-0.05, 0) is 37.1 Å². The summed E-state index contributed by atoms with van der Waals surface area (Å²) in [6, 6.07) is 9.00. The van der Waals surface area contributed by atoms with Crippen molar-refractivity contribution in [3.05, 3.63) is 48.0 Å². The first-order valence-corrected chi connectivity index (χ1v) is 7.92. The molecule has 0 aliphatic carbocycles.